The molecular formula is C31H28N2O8S2. The standard InChI is InChI=1S/C31H28N2O8S2/c1-15-12-16(2)25(42(36,37)38)14-24(15)32-22-10-11-23(27-26(22)29(34)20-8-6-7-9-21(20)30(27)35)33-28-17(3)13-18(4)31(19(28)5)43(39,40)41/h6-14,32-33H,1-5H3,(H,36,37,38)(H,39,40,41). The van der Waals surface area contributed by atoms with E-state index in [9.17, 15) is 35.5 Å². The molecule has 0 amide bonds. The van der Waals surface area contributed by atoms with Crippen molar-refractivity contribution in [1.82, 2.24) is 0 Å². The number of nitrogens with one attached hydrogen (secondary N) is 2. The van der Waals surface area contributed by atoms with Crippen LogP contribution in [0.2, 0.25) is 0 Å². The number of benzene rings is 4. The highest BCUT2D eigenvalue weighted by Gasteiger charge is 2.34. The summed E-state index contributed by atoms with van der Waals surface area (Å²) in [5, 5.41) is 6.22. The van der Waals surface area contributed by atoms with Crippen LogP contribution in [0.5, 0.6) is 0 Å². The van der Waals surface area contributed by atoms with Gasteiger partial charge in [0, 0.05) is 22.5 Å². The molecule has 5 rings (SSSR count). The summed E-state index contributed by atoms with van der Waals surface area (Å²) >= 11 is 0. The van der Waals surface area contributed by atoms with E-state index in [1.54, 1.807) is 76.2 Å². The number of ketones is 2. The number of aryl methyl sites for hydroxylation is 4. The van der Waals surface area contributed by atoms with E-state index in [2.05, 4.69) is 10.6 Å². The average molecular weight is 621 g/mol. The van der Waals surface area contributed by atoms with Gasteiger partial charge in [0.05, 0.1) is 27.4 Å². The fraction of sp³-hybridized carbons (Fsp3) is 0.161. The van der Waals surface area contributed by atoms with E-state index in [1.807, 2.05) is 0 Å². The molecule has 4 aromatic rings. The van der Waals surface area contributed by atoms with Gasteiger partial charge in [0.2, 0.25) is 0 Å². The molecule has 0 aliphatic heterocycles. The maximum Gasteiger partial charge on any atom is 0.295 e. The second-order valence-corrected chi connectivity index (χ2v) is 13.3. The Morgan fingerprint density at radius 3 is 1.60 bits per heavy atom. The van der Waals surface area contributed by atoms with Crippen LogP contribution >= 0.6 is 0 Å². The monoisotopic (exact) mass is 620 g/mol. The van der Waals surface area contributed by atoms with Gasteiger partial charge in [-0.25, -0.2) is 0 Å². The van der Waals surface area contributed by atoms with Crippen molar-refractivity contribution in [2.45, 2.75) is 44.4 Å². The van der Waals surface area contributed by atoms with E-state index >= 15 is 0 Å². The van der Waals surface area contributed by atoms with E-state index in [0.717, 1.165) is 0 Å². The predicted octanol–water partition coefficient (Wildman–Crippen LogP) is 5.98. The SMILES string of the molecule is Cc1cc(C)c(S(=O)(=O)O)cc1Nc1ccc(Nc2c(C)cc(C)c(S(=O)(=O)O)c2C)c2c1C(=O)c1ccccc1C2=O. The maximum absolute atomic E-state index is 13.9. The van der Waals surface area contributed by atoms with Crippen LogP contribution in [0.1, 0.15) is 59.7 Å². The lowest BCUT2D eigenvalue weighted by Gasteiger charge is -2.25. The first-order chi connectivity index (χ1) is 20.0. The normalized spacial score (nSPS) is 13.0. The first-order valence-electron chi connectivity index (χ1n) is 13.1. The summed E-state index contributed by atoms with van der Waals surface area (Å²) in [5.74, 6) is -0.903. The van der Waals surface area contributed by atoms with Crippen molar-refractivity contribution in [3.05, 3.63) is 105 Å². The Morgan fingerprint density at radius 2 is 1.09 bits per heavy atom. The van der Waals surface area contributed by atoms with E-state index in [1.165, 1.54) is 13.0 Å². The van der Waals surface area contributed by atoms with Crippen LogP contribution in [0.25, 0.3) is 0 Å². The Hall–Kier alpha value is -4.36. The lowest BCUT2D eigenvalue weighted by atomic mass is 9.82. The van der Waals surface area contributed by atoms with Gasteiger partial charge < -0.3 is 10.6 Å². The van der Waals surface area contributed by atoms with E-state index in [-0.39, 0.29) is 49.0 Å². The molecule has 10 nitrogen and oxygen atoms in total. The average Bonchev–Trinajstić information content (AvgIpc) is 2.89. The molecule has 0 radical (unpaired) electrons. The largest absolute Gasteiger partial charge is 0.355 e. The topological polar surface area (TPSA) is 167 Å². The molecule has 0 atom stereocenters. The molecule has 43 heavy (non-hydrogen) atoms. The van der Waals surface area contributed by atoms with Crippen LogP contribution < -0.4 is 10.6 Å². The zero-order valence-corrected chi connectivity index (χ0v) is 25.5. The molecule has 12 heteroatoms. The predicted molar refractivity (Wildman–Crippen MR) is 163 cm³/mol. The van der Waals surface area contributed by atoms with Crippen LogP contribution in [-0.2, 0) is 20.2 Å². The number of carbonyl (C=O) groups excluding carboxylic acids is 2. The number of hydrogen-bond acceptors (Lipinski definition) is 8. The summed E-state index contributed by atoms with van der Waals surface area (Å²) in [6.07, 6.45) is 0. The molecule has 1 aliphatic carbocycles. The smallest absolute Gasteiger partial charge is 0.295 e. The van der Waals surface area contributed by atoms with E-state index < -0.39 is 31.8 Å². The van der Waals surface area contributed by atoms with Crippen LogP contribution in [0.4, 0.5) is 22.7 Å². The van der Waals surface area contributed by atoms with Crippen molar-refractivity contribution in [3.8, 4) is 0 Å². The Morgan fingerprint density at radius 1 is 0.581 bits per heavy atom. The van der Waals surface area contributed by atoms with Crippen LogP contribution in [0, 0.1) is 34.6 Å². The first-order valence-corrected chi connectivity index (χ1v) is 15.9. The summed E-state index contributed by atoms with van der Waals surface area (Å²) < 4.78 is 67.9. The molecule has 4 aromatic carbocycles. The highest BCUT2D eigenvalue weighted by Crippen LogP contribution is 2.41. The number of carbonyl (C=O) groups is 2. The van der Waals surface area contributed by atoms with Gasteiger partial charge in [0.15, 0.2) is 11.6 Å². The van der Waals surface area contributed by atoms with Crippen molar-refractivity contribution >= 4 is 54.6 Å². The van der Waals surface area contributed by atoms with Crippen LogP contribution in [-0.4, -0.2) is 37.5 Å². The number of fused-ring (bicyclic) bond motifs is 2. The summed E-state index contributed by atoms with van der Waals surface area (Å²) in [5.41, 5.74) is 3.70. The molecular weight excluding hydrogens is 592 g/mol. The van der Waals surface area contributed by atoms with Gasteiger partial charge in [-0.2, -0.15) is 16.8 Å². The molecule has 0 saturated carbocycles. The lowest BCUT2D eigenvalue weighted by molar-refractivity contribution is 0.0980. The van der Waals surface area contributed by atoms with Gasteiger partial charge >= 0.3 is 0 Å². The fourth-order valence-corrected chi connectivity index (χ4v) is 7.40. The van der Waals surface area contributed by atoms with Crippen molar-refractivity contribution < 1.29 is 35.5 Å². The van der Waals surface area contributed by atoms with Gasteiger partial charge in [0.1, 0.15) is 4.90 Å². The van der Waals surface area contributed by atoms with E-state index in [4.69, 9.17) is 0 Å². The second-order valence-electron chi connectivity index (χ2n) is 10.6. The molecule has 0 fully saturated rings. The highest BCUT2D eigenvalue weighted by atomic mass is 32.2. The summed E-state index contributed by atoms with van der Waals surface area (Å²) in [6, 6.07) is 13.9. The summed E-state index contributed by atoms with van der Waals surface area (Å²) in [4.78, 5) is 27.3. The van der Waals surface area contributed by atoms with Gasteiger partial charge in [-0.1, -0.05) is 36.4 Å². The zero-order valence-electron chi connectivity index (χ0n) is 23.9. The zero-order chi connectivity index (χ0) is 31.6. The number of anilines is 4. The molecule has 0 unspecified atom stereocenters. The lowest BCUT2D eigenvalue weighted by Crippen LogP contribution is -2.23. The summed E-state index contributed by atoms with van der Waals surface area (Å²) in [6.45, 7) is 8.11. The van der Waals surface area contributed by atoms with Crippen molar-refractivity contribution in [3.63, 3.8) is 0 Å². The molecule has 222 valence electrons. The van der Waals surface area contributed by atoms with Crippen LogP contribution in [0.3, 0.4) is 0 Å². The number of rotatable bonds is 6. The minimum atomic E-state index is -4.57. The minimum Gasteiger partial charge on any atom is -0.355 e. The Kier molecular flexibility index (Phi) is 7.30. The van der Waals surface area contributed by atoms with Gasteiger partial charge in [-0.05, 0) is 80.6 Å². The molecule has 4 N–H and O–H groups in total. The molecule has 0 spiro atoms. The van der Waals surface area contributed by atoms with Crippen LogP contribution in [0.15, 0.2) is 64.4 Å². The summed E-state index contributed by atoms with van der Waals surface area (Å²) in [7, 11) is -9.11. The van der Waals surface area contributed by atoms with Gasteiger partial charge in [-0.15, -0.1) is 0 Å². The molecule has 0 saturated heterocycles. The van der Waals surface area contributed by atoms with E-state index in [0.29, 0.717) is 33.6 Å². The fourth-order valence-electron chi connectivity index (χ4n) is 5.71. The van der Waals surface area contributed by atoms with Crippen molar-refractivity contribution in [1.29, 1.82) is 0 Å². The molecule has 1 aliphatic rings. The molecule has 0 aromatic heterocycles. The third kappa shape index (κ3) is 5.23. The van der Waals surface area contributed by atoms with Crippen molar-refractivity contribution in [2.24, 2.45) is 0 Å². The third-order valence-corrected chi connectivity index (χ3v) is 9.70. The Labute approximate surface area is 249 Å². The maximum atomic E-state index is 13.9. The second kappa shape index (κ2) is 10.4. The Balaban J connectivity index is 1.74. The number of hydrogen-bond donors (Lipinski definition) is 4. The molecule has 0 bridgehead atoms. The first kappa shape index (κ1) is 30.1. The van der Waals surface area contributed by atoms with Crippen molar-refractivity contribution in [2.75, 3.05) is 10.6 Å². The minimum absolute atomic E-state index is 0.0273. The van der Waals surface area contributed by atoms with Gasteiger partial charge in [0.25, 0.3) is 20.2 Å². The highest BCUT2D eigenvalue weighted by molar-refractivity contribution is 7.86. The Bertz CT molecular complexity index is 2120. The third-order valence-electron chi connectivity index (χ3n) is 7.56. The molecule has 0 heterocycles. The van der Waals surface area contributed by atoms with Gasteiger partial charge in [-0.3, -0.25) is 18.7 Å². The quantitative estimate of drug-likeness (QED) is 0.166.